The Balaban J connectivity index is 1.51. The molecule has 0 amide bonds. The van der Waals surface area contributed by atoms with Gasteiger partial charge in [0.1, 0.15) is 0 Å². The molecule has 5 heteroatoms. The number of hydrazone groups is 1. The van der Waals surface area contributed by atoms with Crippen LogP contribution in [0.1, 0.15) is 42.2 Å². The van der Waals surface area contributed by atoms with E-state index in [1.165, 1.54) is 16.8 Å². The molecule has 3 aromatic rings. The first-order valence-corrected chi connectivity index (χ1v) is 12.4. The average molecular weight is 469 g/mol. The van der Waals surface area contributed by atoms with Gasteiger partial charge in [-0.1, -0.05) is 78.9 Å². The molecule has 3 fully saturated rings. The fourth-order valence-corrected chi connectivity index (χ4v) is 6.15. The first-order valence-electron chi connectivity index (χ1n) is 12.0. The largest absolute Gasteiger partial charge is 0.331 e. The van der Waals surface area contributed by atoms with E-state index in [1.807, 2.05) is 30.3 Å². The first-order chi connectivity index (χ1) is 16.6. The van der Waals surface area contributed by atoms with E-state index in [-0.39, 0.29) is 5.54 Å². The summed E-state index contributed by atoms with van der Waals surface area (Å²) in [5, 5.41) is 8.74. The zero-order valence-electron chi connectivity index (χ0n) is 19.8. The topological polar surface area (TPSA) is 39.7 Å². The predicted molar refractivity (Wildman–Crippen MR) is 145 cm³/mol. The number of nitrogens with zero attached hydrogens (tertiary/aromatic N) is 2. The molecule has 2 bridgehead atoms. The van der Waals surface area contributed by atoms with E-state index in [1.54, 1.807) is 0 Å². The summed E-state index contributed by atoms with van der Waals surface area (Å²) in [6.07, 6.45) is 3.24. The van der Waals surface area contributed by atoms with Crippen LogP contribution in [0.2, 0.25) is 0 Å². The maximum Gasteiger partial charge on any atom is 0.191 e. The molecule has 0 saturated heterocycles. The third kappa shape index (κ3) is 4.50. The van der Waals surface area contributed by atoms with Gasteiger partial charge in [-0.05, 0) is 74.3 Å². The lowest BCUT2D eigenvalue weighted by Crippen LogP contribution is -2.59. The van der Waals surface area contributed by atoms with Crippen LogP contribution in [-0.2, 0) is 0 Å². The number of benzene rings is 3. The number of thiocarbonyl (C=S) groups is 1. The molecular weight excluding hydrogens is 436 g/mol. The van der Waals surface area contributed by atoms with Crippen LogP contribution in [0.25, 0.3) is 0 Å². The number of fused-ring (bicyclic) bond motifs is 3. The van der Waals surface area contributed by atoms with Crippen LogP contribution < -0.4 is 10.7 Å². The van der Waals surface area contributed by atoms with Gasteiger partial charge < -0.3 is 10.2 Å². The highest BCUT2D eigenvalue weighted by Crippen LogP contribution is 2.58. The van der Waals surface area contributed by atoms with Gasteiger partial charge in [0.2, 0.25) is 0 Å². The van der Waals surface area contributed by atoms with Crippen LogP contribution in [0.5, 0.6) is 0 Å². The molecule has 0 spiro atoms. The summed E-state index contributed by atoms with van der Waals surface area (Å²) in [4.78, 5) is 2.43. The molecule has 3 aromatic carbocycles. The number of anilines is 1. The lowest BCUT2D eigenvalue weighted by atomic mass is 9.52. The van der Waals surface area contributed by atoms with Crippen LogP contribution in [0.15, 0.2) is 96.1 Å². The fourth-order valence-electron chi connectivity index (χ4n) is 5.99. The van der Waals surface area contributed by atoms with Crippen LogP contribution in [0.3, 0.4) is 0 Å². The lowest BCUT2D eigenvalue weighted by molar-refractivity contribution is 0.0487. The second-order valence-electron chi connectivity index (χ2n) is 9.80. The smallest absolute Gasteiger partial charge is 0.191 e. The summed E-state index contributed by atoms with van der Waals surface area (Å²) >= 11 is 5.58. The third-order valence-corrected chi connectivity index (χ3v) is 7.89. The highest BCUT2D eigenvalue weighted by atomic mass is 32.1. The Morgan fingerprint density at radius 2 is 1.32 bits per heavy atom. The average Bonchev–Trinajstić information content (AvgIpc) is 2.89. The Bertz CT molecular complexity index is 1100. The number of hydrogen-bond donors (Lipinski definition) is 2. The van der Waals surface area contributed by atoms with E-state index in [0.717, 1.165) is 24.9 Å². The van der Waals surface area contributed by atoms with Crippen molar-refractivity contribution in [1.29, 1.82) is 0 Å². The van der Waals surface area contributed by atoms with Gasteiger partial charge in [0.15, 0.2) is 5.11 Å². The second kappa shape index (κ2) is 9.69. The van der Waals surface area contributed by atoms with Crippen molar-refractivity contribution < 1.29 is 0 Å². The maximum atomic E-state index is 5.58. The van der Waals surface area contributed by atoms with Gasteiger partial charge >= 0.3 is 0 Å². The summed E-state index contributed by atoms with van der Waals surface area (Å²) in [5.41, 5.74) is 8.21. The van der Waals surface area contributed by atoms with E-state index < -0.39 is 0 Å². The number of rotatable bonds is 5. The SMILES string of the molecule is CN(C)C12C/C(=N\NC(=S)Nc3ccccc3)C(C(c3ccccc3)C1)C(c1ccccc1)C2. The van der Waals surface area contributed by atoms with E-state index in [0.29, 0.717) is 22.9 Å². The molecule has 4 nitrogen and oxygen atoms in total. The molecule has 2 atom stereocenters. The minimum Gasteiger partial charge on any atom is -0.331 e. The standard InChI is InChI=1S/C29H32N4S/c1-33(2)29-18-24(21-12-6-3-7-13-21)27(25(19-29)22-14-8-4-9-15-22)26(20-29)31-32-28(34)30-23-16-10-5-11-17-23/h3-17,24-25,27H,18-20H2,1-2H3,(H2,30,32,34)/b31-26+. The molecule has 174 valence electrons. The zero-order valence-corrected chi connectivity index (χ0v) is 20.6. The van der Waals surface area contributed by atoms with E-state index >= 15 is 0 Å². The Kier molecular flexibility index (Phi) is 6.48. The summed E-state index contributed by atoms with van der Waals surface area (Å²) in [5.74, 6) is 1.15. The van der Waals surface area contributed by atoms with Gasteiger partial charge in [0, 0.05) is 29.3 Å². The number of para-hydroxylation sites is 1. The van der Waals surface area contributed by atoms with Crippen molar-refractivity contribution in [3.8, 4) is 0 Å². The van der Waals surface area contributed by atoms with E-state index in [9.17, 15) is 0 Å². The normalized spacial score (nSPS) is 27.0. The number of hydrogen-bond acceptors (Lipinski definition) is 3. The Hall–Kier alpha value is -3.02. The van der Waals surface area contributed by atoms with Crippen molar-refractivity contribution >= 4 is 28.7 Å². The third-order valence-electron chi connectivity index (χ3n) is 7.70. The molecule has 0 aromatic heterocycles. The van der Waals surface area contributed by atoms with E-state index in [4.69, 9.17) is 17.3 Å². The number of nitrogens with one attached hydrogen (secondary N) is 2. The molecule has 34 heavy (non-hydrogen) atoms. The molecule has 6 rings (SSSR count). The van der Waals surface area contributed by atoms with Gasteiger partial charge in [-0.2, -0.15) is 5.10 Å². The highest BCUT2D eigenvalue weighted by molar-refractivity contribution is 7.80. The van der Waals surface area contributed by atoms with Crippen LogP contribution >= 0.6 is 12.2 Å². The van der Waals surface area contributed by atoms with Crippen molar-refractivity contribution in [1.82, 2.24) is 10.3 Å². The minimum absolute atomic E-state index is 0.0603. The minimum atomic E-state index is 0.0603. The predicted octanol–water partition coefficient (Wildman–Crippen LogP) is 6.01. The molecule has 0 heterocycles. The maximum absolute atomic E-state index is 5.58. The molecule has 3 aliphatic carbocycles. The Morgan fingerprint density at radius 1 is 0.824 bits per heavy atom. The molecular formula is C29H32N4S. The Labute approximate surface area is 208 Å². The second-order valence-corrected chi connectivity index (χ2v) is 10.2. The molecule has 3 saturated carbocycles. The Morgan fingerprint density at radius 3 is 1.82 bits per heavy atom. The van der Waals surface area contributed by atoms with Crippen LogP contribution in [-0.4, -0.2) is 35.4 Å². The lowest BCUT2D eigenvalue weighted by Gasteiger charge is -2.58. The van der Waals surface area contributed by atoms with E-state index in [2.05, 4.69) is 90.4 Å². The summed E-state index contributed by atoms with van der Waals surface area (Å²) in [6, 6.07) is 31.9. The summed E-state index contributed by atoms with van der Waals surface area (Å²) in [7, 11) is 4.45. The van der Waals surface area contributed by atoms with Crippen molar-refractivity contribution in [2.45, 2.75) is 36.6 Å². The van der Waals surface area contributed by atoms with Gasteiger partial charge in [0.05, 0.1) is 0 Å². The van der Waals surface area contributed by atoms with Crippen molar-refractivity contribution in [3.05, 3.63) is 102 Å². The van der Waals surface area contributed by atoms with Crippen LogP contribution in [0.4, 0.5) is 5.69 Å². The fraction of sp³-hybridized carbons (Fsp3) is 0.310. The molecule has 2 N–H and O–H groups in total. The molecule has 0 radical (unpaired) electrons. The van der Waals surface area contributed by atoms with Gasteiger partial charge in [0.25, 0.3) is 0 Å². The van der Waals surface area contributed by atoms with Crippen molar-refractivity contribution in [2.24, 2.45) is 11.0 Å². The molecule has 0 aliphatic heterocycles. The van der Waals surface area contributed by atoms with Crippen LogP contribution in [0, 0.1) is 5.92 Å². The zero-order chi connectivity index (χ0) is 23.5. The molecule has 3 aliphatic rings. The highest BCUT2D eigenvalue weighted by Gasteiger charge is 2.55. The summed E-state index contributed by atoms with van der Waals surface area (Å²) < 4.78 is 0. The monoisotopic (exact) mass is 468 g/mol. The molecule has 2 unspecified atom stereocenters. The van der Waals surface area contributed by atoms with Gasteiger partial charge in [-0.3, -0.25) is 5.43 Å². The van der Waals surface area contributed by atoms with Crippen molar-refractivity contribution in [3.63, 3.8) is 0 Å². The van der Waals surface area contributed by atoms with Gasteiger partial charge in [-0.15, -0.1) is 0 Å². The van der Waals surface area contributed by atoms with Crippen molar-refractivity contribution in [2.75, 3.05) is 19.4 Å². The summed E-state index contributed by atoms with van der Waals surface area (Å²) in [6.45, 7) is 0. The van der Waals surface area contributed by atoms with Gasteiger partial charge in [-0.25, -0.2) is 0 Å². The quantitative estimate of drug-likeness (QED) is 0.355. The first kappa shape index (κ1) is 22.8.